The van der Waals surface area contributed by atoms with E-state index in [4.69, 9.17) is 37.2 Å². The standard InChI is InChI=1S/C31H25Cl2NO4/c1-3-6-28-25(30(34-38-28)29-26(32)9-5-10-27(29)33)18-37-24-14-13-19-11-12-21(16-23(19)17-24)20-7-4-8-22(15-20)31(35)36-2/h4-5,7-17H,3,6,18H2,1-2H3. The van der Waals surface area contributed by atoms with Crippen LogP contribution in [0.15, 0.2) is 83.4 Å². The zero-order valence-corrected chi connectivity index (χ0v) is 22.5. The van der Waals surface area contributed by atoms with E-state index in [1.807, 2.05) is 42.5 Å². The molecule has 5 nitrogen and oxygen atoms in total. The molecule has 1 heterocycles. The van der Waals surface area contributed by atoms with E-state index in [9.17, 15) is 4.79 Å². The van der Waals surface area contributed by atoms with Crippen LogP contribution in [0, 0.1) is 0 Å². The van der Waals surface area contributed by atoms with Gasteiger partial charge in [0, 0.05) is 12.0 Å². The van der Waals surface area contributed by atoms with Crippen molar-refractivity contribution in [2.75, 3.05) is 7.11 Å². The van der Waals surface area contributed by atoms with E-state index in [2.05, 4.69) is 24.2 Å². The molecule has 0 unspecified atom stereocenters. The number of hydrogen-bond acceptors (Lipinski definition) is 5. The van der Waals surface area contributed by atoms with Gasteiger partial charge >= 0.3 is 5.97 Å². The highest BCUT2D eigenvalue weighted by atomic mass is 35.5. The fourth-order valence-electron chi connectivity index (χ4n) is 4.43. The molecular formula is C31H25Cl2NO4. The molecule has 0 aliphatic heterocycles. The molecule has 0 N–H and O–H groups in total. The minimum absolute atomic E-state index is 0.252. The molecule has 0 aliphatic carbocycles. The normalized spacial score (nSPS) is 11.1. The first-order chi connectivity index (χ1) is 18.5. The number of aryl methyl sites for hydroxylation is 1. The summed E-state index contributed by atoms with van der Waals surface area (Å²) >= 11 is 12.9. The van der Waals surface area contributed by atoms with Crippen LogP contribution >= 0.6 is 23.2 Å². The fraction of sp³-hybridized carbons (Fsp3) is 0.161. The van der Waals surface area contributed by atoms with Crippen molar-refractivity contribution in [3.63, 3.8) is 0 Å². The second kappa shape index (κ2) is 11.3. The van der Waals surface area contributed by atoms with Gasteiger partial charge in [0.2, 0.25) is 0 Å². The molecule has 0 spiro atoms. The minimum atomic E-state index is -0.364. The Morgan fingerprint density at radius 3 is 2.39 bits per heavy atom. The van der Waals surface area contributed by atoms with E-state index in [0.29, 0.717) is 32.6 Å². The molecule has 0 saturated carbocycles. The van der Waals surface area contributed by atoms with Gasteiger partial charge in [0.1, 0.15) is 23.8 Å². The molecule has 0 radical (unpaired) electrons. The Morgan fingerprint density at radius 1 is 0.895 bits per heavy atom. The van der Waals surface area contributed by atoms with Crippen LogP contribution in [-0.4, -0.2) is 18.2 Å². The largest absolute Gasteiger partial charge is 0.489 e. The van der Waals surface area contributed by atoms with Crippen molar-refractivity contribution in [3.8, 4) is 28.1 Å². The van der Waals surface area contributed by atoms with E-state index in [1.54, 1.807) is 24.3 Å². The van der Waals surface area contributed by atoms with Gasteiger partial charge in [-0.25, -0.2) is 4.79 Å². The molecule has 0 saturated heterocycles. The summed E-state index contributed by atoms with van der Waals surface area (Å²) in [7, 11) is 1.38. The Hall–Kier alpha value is -3.80. The zero-order chi connectivity index (χ0) is 26.6. The number of methoxy groups -OCH3 is 1. The van der Waals surface area contributed by atoms with E-state index in [0.717, 1.165) is 46.1 Å². The molecule has 192 valence electrons. The summed E-state index contributed by atoms with van der Waals surface area (Å²) < 4.78 is 16.8. The Balaban J connectivity index is 1.45. The van der Waals surface area contributed by atoms with Gasteiger partial charge in [-0.05, 0) is 70.8 Å². The zero-order valence-electron chi connectivity index (χ0n) is 21.0. The smallest absolute Gasteiger partial charge is 0.337 e. The monoisotopic (exact) mass is 545 g/mol. The predicted molar refractivity (Wildman–Crippen MR) is 151 cm³/mol. The van der Waals surface area contributed by atoms with Crippen LogP contribution in [0.5, 0.6) is 5.75 Å². The fourth-order valence-corrected chi connectivity index (χ4v) is 5.01. The van der Waals surface area contributed by atoms with Gasteiger partial charge in [0.05, 0.1) is 28.3 Å². The van der Waals surface area contributed by atoms with Crippen molar-refractivity contribution in [1.82, 2.24) is 5.16 Å². The number of fused-ring (bicyclic) bond motifs is 1. The van der Waals surface area contributed by atoms with Crippen LogP contribution in [0.2, 0.25) is 10.0 Å². The van der Waals surface area contributed by atoms with E-state index >= 15 is 0 Å². The lowest BCUT2D eigenvalue weighted by Gasteiger charge is -2.11. The molecule has 1 aromatic heterocycles. The lowest BCUT2D eigenvalue weighted by molar-refractivity contribution is 0.0601. The number of carbonyl (C=O) groups excluding carboxylic acids is 1. The summed E-state index contributed by atoms with van der Waals surface area (Å²) in [5.74, 6) is 1.10. The average Bonchev–Trinajstić information content (AvgIpc) is 3.33. The van der Waals surface area contributed by atoms with Crippen LogP contribution in [0.3, 0.4) is 0 Å². The number of hydrogen-bond donors (Lipinski definition) is 0. The molecule has 5 rings (SSSR count). The molecule has 4 aromatic carbocycles. The summed E-state index contributed by atoms with van der Waals surface area (Å²) in [4.78, 5) is 12.0. The van der Waals surface area contributed by atoms with E-state index in [-0.39, 0.29) is 12.6 Å². The van der Waals surface area contributed by atoms with Gasteiger partial charge < -0.3 is 14.0 Å². The van der Waals surface area contributed by atoms with Crippen LogP contribution < -0.4 is 4.74 Å². The number of esters is 1. The summed E-state index contributed by atoms with van der Waals surface area (Å²) in [6.45, 7) is 2.33. The van der Waals surface area contributed by atoms with Crippen LogP contribution in [0.1, 0.15) is 35.0 Å². The van der Waals surface area contributed by atoms with Crippen molar-refractivity contribution in [1.29, 1.82) is 0 Å². The summed E-state index contributed by atoms with van der Waals surface area (Å²) in [6.07, 6.45) is 1.62. The molecule has 0 amide bonds. The highest BCUT2D eigenvalue weighted by Crippen LogP contribution is 2.38. The summed E-state index contributed by atoms with van der Waals surface area (Å²) in [5, 5.41) is 7.40. The molecule has 38 heavy (non-hydrogen) atoms. The predicted octanol–water partition coefficient (Wildman–Crippen LogP) is 8.79. The minimum Gasteiger partial charge on any atom is -0.489 e. The van der Waals surface area contributed by atoms with Crippen LogP contribution in [0.25, 0.3) is 33.2 Å². The molecule has 5 aromatic rings. The van der Waals surface area contributed by atoms with Crippen LogP contribution in [-0.2, 0) is 17.8 Å². The van der Waals surface area contributed by atoms with Crippen LogP contribution in [0.4, 0.5) is 0 Å². The van der Waals surface area contributed by atoms with Crippen molar-refractivity contribution in [3.05, 3.63) is 106 Å². The quantitative estimate of drug-likeness (QED) is 0.182. The first-order valence-corrected chi connectivity index (χ1v) is 13.0. The Morgan fingerprint density at radius 2 is 1.63 bits per heavy atom. The maximum absolute atomic E-state index is 12.0. The second-order valence-corrected chi connectivity index (χ2v) is 9.68. The van der Waals surface area contributed by atoms with Crippen molar-refractivity contribution >= 4 is 39.9 Å². The maximum atomic E-state index is 12.0. The number of nitrogens with zero attached hydrogens (tertiary/aromatic N) is 1. The average molecular weight is 546 g/mol. The van der Waals surface area contributed by atoms with Gasteiger partial charge in [-0.2, -0.15) is 0 Å². The molecule has 0 bridgehead atoms. The lowest BCUT2D eigenvalue weighted by atomic mass is 9.99. The molecule has 0 fully saturated rings. The second-order valence-electron chi connectivity index (χ2n) is 8.86. The number of rotatable bonds is 8. The number of benzene rings is 4. The van der Waals surface area contributed by atoms with Gasteiger partial charge in [-0.15, -0.1) is 0 Å². The van der Waals surface area contributed by atoms with E-state index < -0.39 is 0 Å². The third kappa shape index (κ3) is 5.26. The molecular weight excluding hydrogens is 521 g/mol. The lowest BCUT2D eigenvalue weighted by Crippen LogP contribution is -2.01. The molecule has 7 heteroatoms. The van der Waals surface area contributed by atoms with Gasteiger partial charge in [0.15, 0.2) is 0 Å². The number of carbonyl (C=O) groups is 1. The van der Waals surface area contributed by atoms with Gasteiger partial charge in [0.25, 0.3) is 0 Å². The molecule has 0 atom stereocenters. The van der Waals surface area contributed by atoms with Gasteiger partial charge in [-0.1, -0.05) is 71.7 Å². The van der Waals surface area contributed by atoms with Crippen molar-refractivity contribution < 1.29 is 18.8 Å². The topological polar surface area (TPSA) is 61.6 Å². The maximum Gasteiger partial charge on any atom is 0.337 e. The highest BCUT2D eigenvalue weighted by molar-refractivity contribution is 6.39. The third-order valence-corrected chi connectivity index (χ3v) is 6.99. The van der Waals surface area contributed by atoms with Crippen molar-refractivity contribution in [2.45, 2.75) is 26.4 Å². The Kier molecular flexibility index (Phi) is 7.68. The Bertz CT molecular complexity index is 1610. The van der Waals surface area contributed by atoms with Gasteiger partial charge in [-0.3, -0.25) is 0 Å². The summed E-state index contributed by atoms with van der Waals surface area (Å²) in [5.41, 5.74) is 4.48. The highest BCUT2D eigenvalue weighted by Gasteiger charge is 2.22. The number of ether oxygens (including phenoxy) is 2. The van der Waals surface area contributed by atoms with E-state index in [1.165, 1.54) is 7.11 Å². The number of aromatic nitrogens is 1. The van der Waals surface area contributed by atoms with Crippen molar-refractivity contribution in [2.24, 2.45) is 0 Å². The number of halogens is 2. The SMILES string of the molecule is CCCc1onc(-c2c(Cl)cccc2Cl)c1COc1ccc2ccc(-c3cccc(C(=O)OC)c3)cc2c1. The molecule has 0 aliphatic rings. The third-order valence-electron chi connectivity index (χ3n) is 6.36. The Labute approximate surface area is 230 Å². The first-order valence-electron chi connectivity index (χ1n) is 12.3. The summed E-state index contributed by atoms with van der Waals surface area (Å²) in [6, 6.07) is 24.9. The first kappa shape index (κ1) is 25.8.